The molecule has 0 fully saturated rings. The second-order valence-corrected chi connectivity index (χ2v) is 9.81. The van der Waals surface area contributed by atoms with Gasteiger partial charge in [-0.15, -0.1) is 0 Å². The zero-order valence-corrected chi connectivity index (χ0v) is 22.8. The summed E-state index contributed by atoms with van der Waals surface area (Å²) in [6, 6.07) is 32.0. The molecular formula is C31H30Cl2N4O2. The lowest BCUT2D eigenvalue weighted by Crippen LogP contribution is -2.36. The predicted octanol–water partition coefficient (Wildman–Crippen LogP) is 6.62. The quantitative estimate of drug-likeness (QED) is 0.147. The fourth-order valence-corrected chi connectivity index (χ4v) is 4.34. The molecule has 4 aromatic rings. The number of benzene rings is 4. The summed E-state index contributed by atoms with van der Waals surface area (Å²) in [5.74, 6) is -0.337. The van der Waals surface area contributed by atoms with E-state index in [0.29, 0.717) is 29.6 Å². The second kappa shape index (κ2) is 14.5. The number of rotatable bonds is 12. The summed E-state index contributed by atoms with van der Waals surface area (Å²) in [4.78, 5) is 26.3. The minimum Gasteiger partial charge on any atom is -0.324 e. The van der Waals surface area contributed by atoms with E-state index in [9.17, 15) is 9.59 Å². The Labute approximate surface area is 238 Å². The zero-order chi connectivity index (χ0) is 27.5. The van der Waals surface area contributed by atoms with Crippen molar-refractivity contribution in [3.8, 4) is 0 Å². The number of halogens is 2. The average molecular weight is 562 g/mol. The van der Waals surface area contributed by atoms with Gasteiger partial charge in [-0.2, -0.15) is 0 Å². The number of hydrogen-bond acceptors (Lipinski definition) is 4. The first-order valence-electron chi connectivity index (χ1n) is 12.7. The second-order valence-electron chi connectivity index (χ2n) is 8.94. The van der Waals surface area contributed by atoms with Crippen molar-refractivity contribution in [3.05, 3.63) is 130 Å². The van der Waals surface area contributed by atoms with Crippen LogP contribution in [0.15, 0.2) is 109 Å². The van der Waals surface area contributed by atoms with Gasteiger partial charge in [0, 0.05) is 21.4 Å². The van der Waals surface area contributed by atoms with Crippen molar-refractivity contribution < 1.29 is 9.59 Å². The van der Waals surface area contributed by atoms with Crippen LogP contribution >= 0.6 is 23.2 Å². The minimum absolute atomic E-state index is 0.169. The molecule has 6 nitrogen and oxygen atoms in total. The van der Waals surface area contributed by atoms with Gasteiger partial charge >= 0.3 is 0 Å². The molecule has 8 heteroatoms. The molecule has 0 aliphatic rings. The smallest absolute Gasteiger partial charge is 0.246 e. The highest BCUT2D eigenvalue weighted by Crippen LogP contribution is 2.21. The number of nitrogens with one attached hydrogen (secondary N) is 4. The number of para-hydroxylation sites is 2. The van der Waals surface area contributed by atoms with E-state index in [1.54, 1.807) is 24.3 Å². The third-order valence-corrected chi connectivity index (χ3v) is 6.57. The number of hydrogen-bond donors (Lipinski definition) is 4. The van der Waals surface area contributed by atoms with Crippen molar-refractivity contribution in [2.45, 2.75) is 18.5 Å². The molecule has 0 aliphatic carbocycles. The molecule has 0 aromatic heterocycles. The van der Waals surface area contributed by atoms with Gasteiger partial charge in [0.1, 0.15) is 12.1 Å². The van der Waals surface area contributed by atoms with Crippen LogP contribution in [0.4, 0.5) is 11.4 Å². The third kappa shape index (κ3) is 8.67. The van der Waals surface area contributed by atoms with E-state index in [1.807, 2.05) is 84.9 Å². The lowest BCUT2D eigenvalue weighted by Gasteiger charge is -2.21. The summed E-state index contributed by atoms with van der Waals surface area (Å²) in [6.07, 6.45) is 0.672. The zero-order valence-electron chi connectivity index (χ0n) is 21.2. The number of carbonyl (C=O) groups is 2. The Morgan fingerprint density at radius 2 is 0.897 bits per heavy atom. The molecule has 0 bridgehead atoms. The van der Waals surface area contributed by atoms with Gasteiger partial charge in [0.2, 0.25) is 11.8 Å². The average Bonchev–Trinajstić information content (AvgIpc) is 2.95. The summed E-state index contributed by atoms with van der Waals surface area (Å²) in [6.45, 7) is 1.08. The number of carbonyl (C=O) groups excluding carboxylic acids is 2. The van der Waals surface area contributed by atoms with Crippen LogP contribution in [0.3, 0.4) is 0 Å². The van der Waals surface area contributed by atoms with Crippen LogP contribution in [0.5, 0.6) is 0 Å². The van der Waals surface area contributed by atoms with Crippen molar-refractivity contribution in [1.29, 1.82) is 0 Å². The van der Waals surface area contributed by atoms with E-state index in [0.717, 1.165) is 22.5 Å². The van der Waals surface area contributed by atoms with Gasteiger partial charge in [-0.3, -0.25) is 9.59 Å². The molecule has 0 saturated carbocycles. The fraction of sp³-hybridized carbons (Fsp3) is 0.161. The van der Waals surface area contributed by atoms with Crippen molar-refractivity contribution in [1.82, 2.24) is 10.6 Å². The highest BCUT2D eigenvalue weighted by atomic mass is 35.5. The Morgan fingerprint density at radius 3 is 1.26 bits per heavy atom. The Kier molecular flexibility index (Phi) is 10.5. The van der Waals surface area contributed by atoms with Gasteiger partial charge < -0.3 is 21.3 Å². The van der Waals surface area contributed by atoms with Crippen LogP contribution in [-0.4, -0.2) is 24.9 Å². The van der Waals surface area contributed by atoms with Crippen LogP contribution in [-0.2, 0) is 9.59 Å². The Bertz CT molecular complexity index is 1230. The molecule has 0 radical (unpaired) electrons. The minimum atomic E-state index is -0.573. The Balaban J connectivity index is 1.38. The SMILES string of the molecule is O=C(Nc1ccccc1)[C@H](NCCCN[C@@H](C(=O)Nc1ccccc1)c1ccc(Cl)cc1)c1ccc(Cl)cc1. The molecule has 2 atom stereocenters. The number of amides is 2. The molecule has 0 spiro atoms. The van der Waals surface area contributed by atoms with E-state index in [4.69, 9.17) is 23.2 Å². The van der Waals surface area contributed by atoms with Gasteiger partial charge in [-0.1, -0.05) is 83.9 Å². The van der Waals surface area contributed by atoms with E-state index in [2.05, 4.69) is 21.3 Å². The number of anilines is 2. The fourth-order valence-electron chi connectivity index (χ4n) is 4.09. The van der Waals surface area contributed by atoms with E-state index in [1.165, 1.54) is 0 Å². The Hall–Kier alpha value is -3.68. The molecule has 0 unspecified atom stereocenters. The highest BCUT2D eigenvalue weighted by Gasteiger charge is 2.22. The molecule has 4 rings (SSSR count). The maximum absolute atomic E-state index is 13.2. The van der Waals surface area contributed by atoms with Gasteiger partial charge in [-0.05, 0) is 79.2 Å². The normalized spacial score (nSPS) is 12.4. The lowest BCUT2D eigenvalue weighted by atomic mass is 10.1. The molecule has 0 aliphatic heterocycles. The summed E-state index contributed by atoms with van der Waals surface area (Å²) < 4.78 is 0. The van der Waals surface area contributed by atoms with Crippen LogP contribution in [0.2, 0.25) is 10.0 Å². The standard InChI is InChI=1S/C31H30Cl2N4O2/c32-24-16-12-22(13-17-24)28(30(38)36-26-8-3-1-4-9-26)34-20-7-21-35-29(23-14-18-25(33)19-15-23)31(39)37-27-10-5-2-6-11-27/h1-6,8-19,28-29,34-35H,7,20-21H2,(H,36,38)(H,37,39)/t28-,29-/m1/s1. The molecule has 39 heavy (non-hydrogen) atoms. The van der Waals surface area contributed by atoms with Crippen LogP contribution in [0.1, 0.15) is 29.6 Å². The first-order chi connectivity index (χ1) is 19.0. The predicted molar refractivity (Wildman–Crippen MR) is 159 cm³/mol. The van der Waals surface area contributed by atoms with E-state index >= 15 is 0 Å². The van der Waals surface area contributed by atoms with Gasteiger partial charge in [-0.25, -0.2) is 0 Å². The van der Waals surface area contributed by atoms with Gasteiger partial charge in [0.05, 0.1) is 0 Å². The maximum atomic E-state index is 13.2. The van der Waals surface area contributed by atoms with Crippen LogP contribution in [0, 0.1) is 0 Å². The van der Waals surface area contributed by atoms with Gasteiger partial charge in [0.25, 0.3) is 0 Å². The van der Waals surface area contributed by atoms with Gasteiger partial charge in [0.15, 0.2) is 0 Å². The molecule has 4 N–H and O–H groups in total. The molecule has 2 amide bonds. The van der Waals surface area contributed by atoms with Crippen molar-refractivity contribution in [2.75, 3.05) is 23.7 Å². The van der Waals surface area contributed by atoms with E-state index < -0.39 is 12.1 Å². The molecular weight excluding hydrogens is 531 g/mol. The molecule has 0 heterocycles. The third-order valence-electron chi connectivity index (χ3n) is 6.06. The summed E-state index contributed by atoms with van der Waals surface area (Å²) in [7, 11) is 0. The molecule has 0 saturated heterocycles. The first kappa shape index (κ1) is 28.3. The summed E-state index contributed by atoms with van der Waals surface area (Å²) in [5.41, 5.74) is 3.06. The van der Waals surface area contributed by atoms with E-state index in [-0.39, 0.29) is 11.8 Å². The summed E-state index contributed by atoms with van der Waals surface area (Å²) >= 11 is 12.1. The Morgan fingerprint density at radius 1 is 0.538 bits per heavy atom. The van der Waals surface area contributed by atoms with Crippen molar-refractivity contribution in [2.24, 2.45) is 0 Å². The largest absolute Gasteiger partial charge is 0.324 e. The lowest BCUT2D eigenvalue weighted by molar-refractivity contribution is -0.119. The van der Waals surface area contributed by atoms with Crippen molar-refractivity contribution >= 4 is 46.4 Å². The topological polar surface area (TPSA) is 82.3 Å². The molecule has 200 valence electrons. The summed E-state index contributed by atoms with van der Waals surface area (Å²) in [5, 5.41) is 13.8. The monoisotopic (exact) mass is 560 g/mol. The van der Waals surface area contributed by atoms with Crippen LogP contribution in [0.25, 0.3) is 0 Å². The molecule has 4 aromatic carbocycles. The maximum Gasteiger partial charge on any atom is 0.246 e. The van der Waals surface area contributed by atoms with Crippen LogP contribution < -0.4 is 21.3 Å². The highest BCUT2D eigenvalue weighted by molar-refractivity contribution is 6.30. The first-order valence-corrected chi connectivity index (χ1v) is 13.4. The van der Waals surface area contributed by atoms with Crippen molar-refractivity contribution in [3.63, 3.8) is 0 Å².